The Morgan fingerprint density at radius 1 is 1.47 bits per heavy atom. The molecule has 0 spiro atoms. The van der Waals surface area contributed by atoms with E-state index in [2.05, 4.69) is 4.74 Å². The fraction of sp³-hybridized carbons (Fsp3) is 0.222. The minimum Gasteiger partial charge on any atom is -0.465 e. The minimum absolute atomic E-state index is 0.460. The van der Waals surface area contributed by atoms with Gasteiger partial charge in [-0.3, -0.25) is 0 Å². The Balaban J connectivity index is 3.40. The van der Waals surface area contributed by atoms with Gasteiger partial charge in [0.1, 0.15) is 0 Å². The first-order valence-corrected chi connectivity index (χ1v) is 4.21. The van der Waals surface area contributed by atoms with Crippen molar-refractivity contribution >= 4 is 17.6 Å². The number of alkyl halides is 2. The molecule has 0 aliphatic rings. The molecule has 15 heavy (non-hydrogen) atoms. The van der Waals surface area contributed by atoms with Crippen molar-refractivity contribution in [2.24, 2.45) is 0 Å². The molecule has 0 N–H and O–H groups in total. The number of esters is 1. The summed E-state index contributed by atoms with van der Waals surface area (Å²) < 4.78 is 42.3. The third-order valence-electron chi connectivity index (χ3n) is 1.76. The monoisotopic (exact) mass is 238 g/mol. The van der Waals surface area contributed by atoms with Gasteiger partial charge in [-0.15, -0.1) is 0 Å². The molecule has 0 radical (unpaired) electrons. The van der Waals surface area contributed by atoms with Gasteiger partial charge in [0.15, 0.2) is 5.82 Å². The molecule has 0 saturated carbocycles. The second-order valence-corrected chi connectivity index (χ2v) is 3.02. The van der Waals surface area contributed by atoms with E-state index < -0.39 is 34.4 Å². The van der Waals surface area contributed by atoms with Crippen LogP contribution in [0.4, 0.5) is 13.2 Å². The smallest absolute Gasteiger partial charge is 0.338 e. The van der Waals surface area contributed by atoms with Crippen LogP contribution in [0.2, 0.25) is 5.02 Å². The third-order valence-corrected chi connectivity index (χ3v) is 2.05. The summed E-state index contributed by atoms with van der Waals surface area (Å²) >= 11 is 5.32. The number of rotatable bonds is 2. The molecule has 0 aromatic heterocycles. The van der Waals surface area contributed by atoms with E-state index in [0.29, 0.717) is 0 Å². The Bertz CT molecular complexity index is 393. The molecule has 0 saturated heterocycles. The second kappa shape index (κ2) is 4.53. The molecule has 0 aliphatic carbocycles. The molecule has 0 heterocycles. The first kappa shape index (κ1) is 11.8. The highest BCUT2D eigenvalue weighted by Crippen LogP contribution is 2.30. The lowest BCUT2D eigenvalue weighted by atomic mass is 10.1. The molecule has 0 aliphatic heterocycles. The topological polar surface area (TPSA) is 26.3 Å². The molecule has 0 atom stereocenters. The summed E-state index contributed by atoms with van der Waals surface area (Å²) in [6.07, 6.45) is -3.13. The first-order valence-electron chi connectivity index (χ1n) is 3.83. The van der Waals surface area contributed by atoms with Crippen LogP contribution in [0.15, 0.2) is 12.1 Å². The van der Waals surface area contributed by atoms with Gasteiger partial charge in [-0.2, -0.15) is 0 Å². The summed E-state index contributed by atoms with van der Waals surface area (Å²) in [5.74, 6) is -2.32. The van der Waals surface area contributed by atoms with Crippen molar-refractivity contribution in [1.29, 1.82) is 0 Å². The molecule has 1 aromatic rings. The molecule has 2 nitrogen and oxygen atoms in total. The SMILES string of the molecule is COC(=O)c1ccc(Cl)c(F)c1C(F)F. The van der Waals surface area contributed by atoms with Gasteiger partial charge in [0.2, 0.25) is 0 Å². The van der Waals surface area contributed by atoms with E-state index >= 15 is 0 Å². The highest BCUT2D eigenvalue weighted by Gasteiger charge is 2.24. The average molecular weight is 239 g/mol. The number of ether oxygens (including phenoxy) is 1. The molecule has 1 rings (SSSR count). The summed E-state index contributed by atoms with van der Waals surface area (Å²) in [5, 5.41) is -0.460. The molecule has 0 unspecified atom stereocenters. The van der Waals surface area contributed by atoms with Gasteiger partial charge in [0.25, 0.3) is 6.43 Å². The van der Waals surface area contributed by atoms with Crippen molar-refractivity contribution in [1.82, 2.24) is 0 Å². The number of benzene rings is 1. The Hall–Kier alpha value is -1.23. The number of carbonyl (C=O) groups excluding carboxylic acids is 1. The average Bonchev–Trinajstić information content (AvgIpc) is 2.20. The number of halogens is 4. The van der Waals surface area contributed by atoms with Crippen LogP contribution in [0.1, 0.15) is 22.3 Å². The van der Waals surface area contributed by atoms with E-state index in [0.717, 1.165) is 19.2 Å². The van der Waals surface area contributed by atoms with Crippen molar-refractivity contribution in [2.45, 2.75) is 6.43 Å². The van der Waals surface area contributed by atoms with Crippen LogP contribution in [0, 0.1) is 5.82 Å². The van der Waals surface area contributed by atoms with Gasteiger partial charge >= 0.3 is 5.97 Å². The molecule has 6 heteroatoms. The maximum absolute atomic E-state index is 13.2. The summed E-state index contributed by atoms with van der Waals surface area (Å²) in [5.41, 5.74) is -1.55. The van der Waals surface area contributed by atoms with Crippen LogP contribution in [0.3, 0.4) is 0 Å². The normalized spacial score (nSPS) is 10.5. The van der Waals surface area contributed by atoms with Crippen molar-refractivity contribution in [3.8, 4) is 0 Å². The fourth-order valence-corrected chi connectivity index (χ4v) is 1.23. The molecule has 0 fully saturated rings. The molecular weight excluding hydrogens is 233 g/mol. The van der Waals surface area contributed by atoms with Gasteiger partial charge in [0.05, 0.1) is 23.3 Å². The molecule has 1 aromatic carbocycles. The maximum atomic E-state index is 13.2. The largest absolute Gasteiger partial charge is 0.465 e. The minimum atomic E-state index is -3.13. The summed E-state index contributed by atoms with van der Waals surface area (Å²) in [6, 6.07) is 2.02. The van der Waals surface area contributed by atoms with E-state index in [9.17, 15) is 18.0 Å². The lowest BCUT2D eigenvalue weighted by molar-refractivity contribution is 0.0587. The number of hydrogen-bond donors (Lipinski definition) is 0. The quantitative estimate of drug-likeness (QED) is 0.740. The summed E-state index contributed by atoms with van der Waals surface area (Å²) in [6.45, 7) is 0. The zero-order chi connectivity index (χ0) is 11.6. The Morgan fingerprint density at radius 2 is 2.07 bits per heavy atom. The Kier molecular flexibility index (Phi) is 3.57. The van der Waals surface area contributed by atoms with Crippen LogP contribution in [0.5, 0.6) is 0 Å². The van der Waals surface area contributed by atoms with Gasteiger partial charge in [-0.25, -0.2) is 18.0 Å². The molecule has 0 amide bonds. The lowest BCUT2D eigenvalue weighted by Gasteiger charge is -2.08. The van der Waals surface area contributed by atoms with E-state index in [1.165, 1.54) is 0 Å². The predicted molar refractivity (Wildman–Crippen MR) is 47.7 cm³/mol. The van der Waals surface area contributed by atoms with Gasteiger partial charge < -0.3 is 4.74 Å². The van der Waals surface area contributed by atoms with Crippen molar-refractivity contribution < 1.29 is 22.7 Å². The van der Waals surface area contributed by atoms with Crippen LogP contribution in [-0.4, -0.2) is 13.1 Å². The van der Waals surface area contributed by atoms with Gasteiger partial charge in [-0.1, -0.05) is 11.6 Å². The second-order valence-electron chi connectivity index (χ2n) is 2.61. The molecular formula is C9H6ClF3O2. The van der Waals surface area contributed by atoms with Crippen molar-refractivity contribution in [3.05, 3.63) is 34.1 Å². The van der Waals surface area contributed by atoms with Gasteiger partial charge in [0, 0.05) is 0 Å². The Labute approximate surface area is 88.6 Å². The molecule has 0 bridgehead atoms. The van der Waals surface area contributed by atoms with Crippen molar-refractivity contribution in [3.63, 3.8) is 0 Å². The lowest BCUT2D eigenvalue weighted by Crippen LogP contribution is -2.08. The number of methoxy groups -OCH3 is 1. The zero-order valence-electron chi connectivity index (χ0n) is 7.56. The highest BCUT2D eigenvalue weighted by molar-refractivity contribution is 6.30. The number of hydrogen-bond acceptors (Lipinski definition) is 2. The third kappa shape index (κ3) is 2.23. The first-order chi connectivity index (χ1) is 6.99. The van der Waals surface area contributed by atoms with Crippen LogP contribution in [0.25, 0.3) is 0 Å². The maximum Gasteiger partial charge on any atom is 0.338 e. The fourth-order valence-electron chi connectivity index (χ4n) is 1.07. The van der Waals surface area contributed by atoms with E-state index in [1.807, 2.05) is 0 Å². The molecule has 82 valence electrons. The van der Waals surface area contributed by atoms with E-state index in [1.54, 1.807) is 0 Å². The predicted octanol–water partition coefficient (Wildman–Crippen LogP) is 3.20. The summed E-state index contributed by atoms with van der Waals surface area (Å²) in [4.78, 5) is 11.0. The zero-order valence-corrected chi connectivity index (χ0v) is 8.32. The number of carbonyl (C=O) groups is 1. The Morgan fingerprint density at radius 3 is 2.53 bits per heavy atom. The van der Waals surface area contributed by atoms with Crippen molar-refractivity contribution in [2.75, 3.05) is 7.11 Å². The van der Waals surface area contributed by atoms with E-state index in [-0.39, 0.29) is 0 Å². The summed E-state index contributed by atoms with van der Waals surface area (Å²) in [7, 11) is 1.02. The van der Waals surface area contributed by atoms with Crippen LogP contribution < -0.4 is 0 Å². The standard InChI is InChI=1S/C9H6ClF3O2/c1-15-9(14)4-2-3-5(10)7(11)6(4)8(12)13/h2-3,8H,1H3. The highest BCUT2D eigenvalue weighted by atomic mass is 35.5. The van der Waals surface area contributed by atoms with E-state index in [4.69, 9.17) is 11.6 Å². The van der Waals surface area contributed by atoms with Crippen LogP contribution >= 0.6 is 11.6 Å². The van der Waals surface area contributed by atoms with Crippen LogP contribution in [-0.2, 0) is 4.74 Å². The van der Waals surface area contributed by atoms with Gasteiger partial charge in [-0.05, 0) is 12.1 Å².